The lowest BCUT2D eigenvalue weighted by Gasteiger charge is -2.30. The highest BCUT2D eigenvalue weighted by Crippen LogP contribution is 2.31. The molecule has 0 amide bonds. The van der Waals surface area contributed by atoms with Gasteiger partial charge in [0.1, 0.15) is 0 Å². The Labute approximate surface area is 177 Å². The van der Waals surface area contributed by atoms with E-state index in [4.69, 9.17) is 0 Å². The second-order valence-corrected chi connectivity index (χ2v) is 8.20. The predicted molar refractivity (Wildman–Crippen MR) is 120 cm³/mol. The van der Waals surface area contributed by atoms with Crippen LogP contribution in [0.25, 0.3) is 0 Å². The first kappa shape index (κ1) is 25.6. The molecule has 4 nitrogen and oxygen atoms in total. The molecule has 0 radical (unpaired) electrons. The fourth-order valence-corrected chi connectivity index (χ4v) is 3.92. The van der Waals surface area contributed by atoms with Crippen LogP contribution in [0.15, 0.2) is 36.5 Å². The predicted octanol–water partition coefficient (Wildman–Crippen LogP) is 5.50. The molecule has 1 aliphatic rings. The lowest BCUT2D eigenvalue weighted by atomic mass is 9.78. The molecule has 1 rings (SSSR count). The third-order valence-corrected chi connectivity index (χ3v) is 5.79. The molecule has 29 heavy (non-hydrogen) atoms. The first-order valence-corrected chi connectivity index (χ1v) is 11.5. The number of unbranched alkanes of at least 4 members (excludes halogenated alkanes) is 5. The first-order valence-electron chi connectivity index (χ1n) is 11.5. The molecule has 0 aromatic heterocycles. The lowest BCUT2D eigenvalue weighted by Crippen LogP contribution is -2.28. The fourth-order valence-electron chi connectivity index (χ4n) is 3.92. The van der Waals surface area contributed by atoms with Crippen LogP contribution in [0.5, 0.6) is 0 Å². The van der Waals surface area contributed by atoms with E-state index < -0.39 is 6.10 Å². The normalized spacial score (nSPS) is 21.7. The largest absolute Gasteiger partial charge is 0.469 e. The highest BCUT2D eigenvalue weighted by atomic mass is 16.5. The van der Waals surface area contributed by atoms with E-state index in [1.807, 2.05) is 18.2 Å². The van der Waals surface area contributed by atoms with E-state index in [1.54, 1.807) is 0 Å². The third kappa shape index (κ3) is 12.0. The van der Waals surface area contributed by atoms with Crippen LogP contribution >= 0.6 is 0 Å². The molecule has 0 saturated heterocycles. The van der Waals surface area contributed by atoms with Gasteiger partial charge in [-0.05, 0) is 43.9 Å². The van der Waals surface area contributed by atoms with Crippen LogP contribution in [0.1, 0.15) is 84.0 Å². The number of allylic oxidation sites excluding steroid dienone is 5. The molecule has 2 N–H and O–H groups in total. The number of hydrogen-bond donors (Lipinski definition) is 2. The maximum atomic E-state index is 11.2. The number of esters is 1. The number of rotatable bonds is 15. The Kier molecular flexibility index (Phi) is 14.5. The van der Waals surface area contributed by atoms with Gasteiger partial charge in [-0.1, -0.05) is 81.9 Å². The number of hydrogen-bond acceptors (Lipinski definition) is 4. The molecule has 1 aliphatic carbocycles. The first-order chi connectivity index (χ1) is 14.1. The Morgan fingerprint density at radius 2 is 1.76 bits per heavy atom. The van der Waals surface area contributed by atoms with E-state index in [2.05, 4.69) is 29.9 Å². The minimum atomic E-state index is -0.415. The molecule has 0 aromatic rings. The molecular weight excluding hydrogens is 364 g/mol. The van der Waals surface area contributed by atoms with Crippen molar-refractivity contribution in [2.24, 2.45) is 11.8 Å². The van der Waals surface area contributed by atoms with Crippen LogP contribution in [0.4, 0.5) is 0 Å². The van der Waals surface area contributed by atoms with Crippen molar-refractivity contribution < 1.29 is 19.7 Å². The second-order valence-electron chi connectivity index (χ2n) is 8.20. The van der Waals surface area contributed by atoms with E-state index in [0.717, 1.165) is 25.7 Å². The molecule has 0 bridgehead atoms. The van der Waals surface area contributed by atoms with Gasteiger partial charge in [-0.3, -0.25) is 4.79 Å². The number of ether oxygens (including phenoxy) is 1. The van der Waals surface area contributed by atoms with Crippen molar-refractivity contribution in [3.8, 4) is 0 Å². The van der Waals surface area contributed by atoms with E-state index in [9.17, 15) is 15.0 Å². The van der Waals surface area contributed by atoms with Crippen molar-refractivity contribution in [2.45, 2.75) is 96.2 Å². The van der Waals surface area contributed by atoms with Gasteiger partial charge in [-0.15, -0.1) is 0 Å². The van der Waals surface area contributed by atoms with Crippen LogP contribution in [-0.2, 0) is 9.53 Å². The topological polar surface area (TPSA) is 66.8 Å². The zero-order valence-electron chi connectivity index (χ0n) is 18.5. The maximum absolute atomic E-state index is 11.2. The number of carbonyl (C=O) groups is 1. The number of carbonyl (C=O) groups excluding carboxylic acids is 1. The van der Waals surface area contributed by atoms with Crippen LogP contribution in [0.2, 0.25) is 0 Å². The summed E-state index contributed by atoms with van der Waals surface area (Å²) in [4.78, 5) is 11.2. The summed E-state index contributed by atoms with van der Waals surface area (Å²) in [6.45, 7) is 2.22. The molecule has 0 aromatic carbocycles. The van der Waals surface area contributed by atoms with E-state index in [0.29, 0.717) is 19.3 Å². The van der Waals surface area contributed by atoms with Gasteiger partial charge < -0.3 is 14.9 Å². The molecule has 0 spiro atoms. The zero-order chi connectivity index (χ0) is 21.3. The van der Waals surface area contributed by atoms with Crippen molar-refractivity contribution in [3.63, 3.8) is 0 Å². The summed E-state index contributed by atoms with van der Waals surface area (Å²) in [6.07, 6.45) is 23.1. The van der Waals surface area contributed by atoms with Gasteiger partial charge in [0.25, 0.3) is 0 Å². The molecule has 2 unspecified atom stereocenters. The summed E-state index contributed by atoms with van der Waals surface area (Å²) in [6, 6.07) is 0. The van der Waals surface area contributed by atoms with Gasteiger partial charge in [0, 0.05) is 6.42 Å². The number of methoxy groups -OCH3 is 1. The Bertz CT molecular complexity index is 509. The lowest BCUT2D eigenvalue weighted by molar-refractivity contribution is -0.140. The van der Waals surface area contributed by atoms with Crippen LogP contribution < -0.4 is 0 Å². The second kappa shape index (κ2) is 16.4. The Morgan fingerprint density at radius 1 is 1.03 bits per heavy atom. The monoisotopic (exact) mass is 406 g/mol. The van der Waals surface area contributed by atoms with Crippen LogP contribution in [0.3, 0.4) is 0 Å². The van der Waals surface area contributed by atoms with Crippen LogP contribution in [0, 0.1) is 11.8 Å². The van der Waals surface area contributed by atoms with Crippen molar-refractivity contribution in [1.29, 1.82) is 0 Å². The van der Waals surface area contributed by atoms with Crippen molar-refractivity contribution in [1.82, 2.24) is 0 Å². The smallest absolute Gasteiger partial charge is 0.305 e. The van der Waals surface area contributed by atoms with Gasteiger partial charge in [-0.25, -0.2) is 0 Å². The summed E-state index contributed by atoms with van der Waals surface area (Å²) >= 11 is 0. The van der Waals surface area contributed by atoms with E-state index >= 15 is 0 Å². The maximum Gasteiger partial charge on any atom is 0.305 e. The summed E-state index contributed by atoms with van der Waals surface area (Å²) in [7, 11) is 1.39. The van der Waals surface area contributed by atoms with Gasteiger partial charge in [0.15, 0.2) is 0 Å². The summed E-state index contributed by atoms with van der Waals surface area (Å²) in [5.41, 5.74) is 0. The minimum Gasteiger partial charge on any atom is -0.469 e. The quantitative estimate of drug-likeness (QED) is 0.163. The van der Waals surface area contributed by atoms with Crippen molar-refractivity contribution >= 4 is 5.97 Å². The van der Waals surface area contributed by atoms with E-state index in [-0.39, 0.29) is 23.9 Å². The average Bonchev–Trinajstić information content (AvgIpc) is 2.73. The van der Waals surface area contributed by atoms with E-state index in [1.165, 1.54) is 39.2 Å². The third-order valence-electron chi connectivity index (χ3n) is 5.79. The Balaban J connectivity index is 2.34. The highest BCUT2D eigenvalue weighted by Gasteiger charge is 2.26. The van der Waals surface area contributed by atoms with Gasteiger partial charge in [-0.2, -0.15) is 0 Å². The van der Waals surface area contributed by atoms with Crippen LogP contribution in [-0.4, -0.2) is 35.5 Å². The molecule has 4 heteroatoms. The van der Waals surface area contributed by atoms with Gasteiger partial charge in [0.2, 0.25) is 0 Å². The fraction of sp³-hybridized carbons (Fsp3) is 0.720. The molecule has 0 saturated carbocycles. The van der Waals surface area contributed by atoms with Gasteiger partial charge >= 0.3 is 5.97 Å². The standard InChI is InChI=1S/C25H42O4/c1-3-4-5-6-7-8-16-22(26)17-11-9-14-21-15-10-12-18-23(21)24(27)19-13-20-25(28)29-2/h9-12,14,17,21-24,26-27H,3-8,13,15-16,18-20H2,1-2H3/b14-9+,17-11+/t21-,22?,23-,24?/m0/s1. The molecule has 4 atom stereocenters. The summed E-state index contributed by atoms with van der Waals surface area (Å²) in [5.74, 6) is 0.241. The molecule has 0 heterocycles. The molecule has 0 aliphatic heterocycles. The molecule has 0 fully saturated rings. The Hall–Kier alpha value is -1.39. The SMILES string of the molecule is CCCCCCCCC(O)/C=C/C=C/[C@H]1CC=CC[C@@H]1C(O)CCCC(=O)OC. The summed E-state index contributed by atoms with van der Waals surface area (Å²) in [5, 5.41) is 20.7. The number of aliphatic hydroxyl groups excluding tert-OH is 2. The van der Waals surface area contributed by atoms with Crippen molar-refractivity contribution in [3.05, 3.63) is 36.5 Å². The average molecular weight is 407 g/mol. The zero-order valence-corrected chi connectivity index (χ0v) is 18.5. The summed E-state index contributed by atoms with van der Waals surface area (Å²) < 4.78 is 4.66. The molecule has 166 valence electrons. The molecular formula is C25H42O4. The highest BCUT2D eigenvalue weighted by molar-refractivity contribution is 5.68. The van der Waals surface area contributed by atoms with Crippen molar-refractivity contribution in [2.75, 3.05) is 7.11 Å². The minimum absolute atomic E-state index is 0.176. The van der Waals surface area contributed by atoms with Gasteiger partial charge in [0.05, 0.1) is 19.3 Å². The number of aliphatic hydroxyl groups is 2. The Morgan fingerprint density at radius 3 is 2.52 bits per heavy atom.